The molecule has 0 saturated carbocycles. The molecule has 1 atom stereocenters. The molecule has 1 aromatic heterocycles. The Labute approximate surface area is 172 Å². The maximum Gasteiger partial charge on any atom is 0.305 e. The maximum atomic E-state index is 11.8. The van der Waals surface area contributed by atoms with Crippen molar-refractivity contribution < 1.29 is 23.9 Å². The van der Waals surface area contributed by atoms with Crippen LogP contribution in [0, 0.1) is 0 Å². The van der Waals surface area contributed by atoms with Crippen LogP contribution in [0.3, 0.4) is 0 Å². The van der Waals surface area contributed by atoms with E-state index in [2.05, 4.69) is 23.3 Å². The van der Waals surface area contributed by atoms with Crippen molar-refractivity contribution in [2.24, 2.45) is 0 Å². The highest BCUT2D eigenvalue weighted by atomic mass is 16.6. The second kappa shape index (κ2) is 12.7. The first kappa shape index (κ1) is 24.3. The molecule has 0 aliphatic carbocycles. The molecule has 0 spiro atoms. The summed E-state index contributed by atoms with van der Waals surface area (Å²) in [6.45, 7) is 6.00. The standard InChI is InChI=1S/C22H32N2O5/c1-5-6-7-8-9-10-12-20-13-11-14-21(23-20)22(24-17(2)25,29-19(4)27)15-16-28-18(3)26/h10-14H,5-9,15-16H2,1-4H3,(H,24,25)/b12-10-. The monoisotopic (exact) mass is 404 g/mol. The lowest BCUT2D eigenvalue weighted by Gasteiger charge is -2.33. The van der Waals surface area contributed by atoms with Crippen LogP contribution in [-0.2, 0) is 29.6 Å². The molecule has 0 bridgehead atoms. The number of aromatic nitrogens is 1. The molecule has 0 saturated heterocycles. The fourth-order valence-corrected chi connectivity index (χ4v) is 2.91. The number of nitrogens with one attached hydrogen (secondary N) is 1. The van der Waals surface area contributed by atoms with Gasteiger partial charge in [0.25, 0.3) is 0 Å². The van der Waals surface area contributed by atoms with Gasteiger partial charge in [-0.15, -0.1) is 0 Å². The summed E-state index contributed by atoms with van der Waals surface area (Å²) in [5, 5.41) is 2.67. The zero-order valence-electron chi connectivity index (χ0n) is 17.8. The third-order valence-electron chi connectivity index (χ3n) is 4.15. The minimum atomic E-state index is -1.52. The Kier molecular flexibility index (Phi) is 10.7. The molecule has 0 aliphatic heterocycles. The van der Waals surface area contributed by atoms with Crippen molar-refractivity contribution in [1.29, 1.82) is 0 Å². The van der Waals surface area contributed by atoms with E-state index in [1.54, 1.807) is 12.1 Å². The van der Waals surface area contributed by atoms with E-state index in [1.165, 1.54) is 40.0 Å². The van der Waals surface area contributed by atoms with Crippen molar-refractivity contribution >= 4 is 23.9 Å². The van der Waals surface area contributed by atoms with Gasteiger partial charge in [0.1, 0.15) is 5.69 Å². The Morgan fingerprint density at radius 1 is 1.10 bits per heavy atom. The van der Waals surface area contributed by atoms with Gasteiger partial charge in [0, 0.05) is 27.2 Å². The van der Waals surface area contributed by atoms with Crippen LogP contribution in [0.5, 0.6) is 0 Å². The highest BCUT2D eigenvalue weighted by Crippen LogP contribution is 2.26. The van der Waals surface area contributed by atoms with Gasteiger partial charge in [0.2, 0.25) is 11.6 Å². The normalized spacial score (nSPS) is 13.0. The second-order valence-electron chi connectivity index (χ2n) is 6.89. The lowest BCUT2D eigenvalue weighted by molar-refractivity contribution is -0.169. The van der Waals surface area contributed by atoms with Gasteiger partial charge >= 0.3 is 11.9 Å². The number of carbonyl (C=O) groups is 3. The number of amides is 1. The van der Waals surface area contributed by atoms with E-state index >= 15 is 0 Å². The fraction of sp³-hybridized carbons (Fsp3) is 0.545. The van der Waals surface area contributed by atoms with E-state index in [0.717, 1.165) is 12.8 Å². The minimum absolute atomic E-state index is 0.0396. The largest absolute Gasteiger partial charge is 0.466 e. The van der Waals surface area contributed by atoms with Crippen molar-refractivity contribution in [3.63, 3.8) is 0 Å². The van der Waals surface area contributed by atoms with Gasteiger partial charge < -0.3 is 14.8 Å². The molecule has 1 unspecified atom stereocenters. The van der Waals surface area contributed by atoms with E-state index in [9.17, 15) is 14.4 Å². The Bertz CT molecular complexity index is 699. The van der Waals surface area contributed by atoms with Gasteiger partial charge in [-0.05, 0) is 31.1 Å². The highest BCUT2D eigenvalue weighted by molar-refractivity contribution is 5.75. The molecule has 0 fully saturated rings. The van der Waals surface area contributed by atoms with Gasteiger partial charge in [0.15, 0.2) is 0 Å². The number of nitrogens with zero attached hydrogens (tertiary/aromatic N) is 1. The van der Waals surface area contributed by atoms with Crippen LogP contribution in [0.1, 0.15) is 77.6 Å². The molecule has 160 valence electrons. The first-order valence-electron chi connectivity index (χ1n) is 10.0. The van der Waals surface area contributed by atoms with Crippen molar-refractivity contribution in [1.82, 2.24) is 10.3 Å². The Hall–Kier alpha value is -2.70. The average molecular weight is 405 g/mol. The van der Waals surface area contributed by atoms with Gasteiger partial charge in [-0.25, -0.2) is 4.98 Å². The predicted molar refractivity (Wildman–Crippen MR) is 111 cm³/mol. The number of carbonyl (C=O) groups excluding carboxylic acids is 3. The van der Waals surface area contributed by atoms with Crippen molar-refractivity contribution in [2.75, 3.05) is 6.61 Å². The van der Waals surface area contributed by atoms with Gasteiger partial charge in [-0.2, -0.15) is 0 Å². The van der Waals surface area contributed by atoms with Crippen LogP contribution < -0.4 is 5.32 Å². The molecule has 7 heteroatoms. The second-order valence-corrected chi connectivity index (χ2v) is 6.89. The van der Waals surface area contributed by atoms with Crippen LogP contribution in [0.25, 0.3) is 6.08 Å². The highest BCUT2D eigenvalue weighted by Gasteiger charge is 2.38. The van der Waals surface area contributed by atoms with E-state index in [4.69, 9.17) is 9.47 Å². The van der Waals surface area contributed by atoms with Crippen LogP contribution >= 0.6 is 0 Å². The third-order valence-corrected chi connectivity index (χ3v) is 4.15. The number of allylic oxidation sites excluding steroid dienone is 1. The molecule has 29 heavy (non-hydrogen) atoms. The number of ether oxygens (including phenoxy) is 2. The first-order valence-corrected chi connectivity index (χ1v) is 10.0. The predicted octanol–water partition coefficient (Wildman–Crippen LogP) is 3.87. The van der Waals surface area contributed by atoms with Gasteiger partial charge in [-0.1, -0.05) is 38.3 Å². The Balaban J connectivity index is 3.08. The SMILES string of the molecule is CCCCCC/C=C\c1cccc(C(CCOC(C)=O)(NC(C)=O)OC(C)=O)n1. The zero-order valence-corrected chi connectivity index (χ0v) is 17.8. The van der Waals surface area contributed by atoms with E-state index in [1.807, 2.05) is 12.1 Å². The molecule has 1 aromatic rings. The molecule has 0 aromatic carbocycles. The number of esters is 2. The summed E-state index contributed by atoms with van der Waals surface area (Å²) >= 11 is 0. The molecular formula is C22H32N2O5. The topological polar surface area (TPSA) is 94.6 Å². The summed E-state index contributed by atoms with van der Waals surface area (Å²) in [4.78, 5) is 39.3. The number of hydrogen-bond acceptors (Lipinski definition) is 6. The van der Waals surface area contributed by atoms with Crippen LogP contribution in [0.15, 0.2) is 24.3 Å². The summed E-state index contributed by atoms with van der Waals surface area (Å²) in [6, 6.07) is 5.29. The first-order chi connectivity index (χ1) is 13.8. The molecule has 1 rings (SSSR count). The average Bonchev–Trinajstić information content (AvgIpc) is 2.63. The number of rotatable bonds is 12. The third kappa shape index (κ3) is 9.36. The molecule has 1 heterocycles. The lowest BCUT2D eigenvalue weighted by atomic mass is 10.0. The fourth-order valence-electron chi connectivity index (χ4n) is 2.91. The minimum Gasteiger partial charge on any atom is -0.466 e. The molecule has 0 aliphatic rings. The van der Waals surface area contributed by atoms with Crippen LogP contribution in [0.2, 0.25) is 0 Å². The van der Waals surface area contributed by atoms with Crippen molar-refractivity contribution in [3.8, 4) is 0 Å². The number of unbranched alkanes of at least 4 members (excludes halogenated alkanes) is 4. The number of hydrogen-bond donors (Lipinski definition) is 1. The Morgan fingerprint density at radius 3 is 2.48 bits per heavy atom. The van der Waals surface area contributed by atoms with Gasteiger partial charge in [0.05, 0.1) is 12.3 Å². The Morgan fingerprint density at radius 2 is 1.86 bits per heavy atom. The molecule has 1 N–H and O–H groups in total. The summed E-state index contributed by atoms with van der Waals surface area (Å²) < 4.78 is 10.5. The molecule has 1 amide bonds. The summed E-state index contributed by atoms with van der Waals surface area (Å²) in [6.07, 6.45) is 9.72. The smallest absolute Gasteiger partial charge is 0.305 e. The van der Waals surface area contributed by atoms with E-state index in [-0.39, 0.29) is 13.0 Å². The van der Waals surface area contributed by atoms with Gasteiger partial charge in [-0.3, -0.25) is 14.4 Å². The van der Waals surface area contributed by atoms with Crippen LogP contribution in [-0.4, -0.2) is 29.4 Å². The van der Waals surface area contributed by atoms with Crippen molar-refractivity contribution in [3.05, 3.63) is 35.7 Å². The summed E-state index contributed by atoms with van der Waals surface area (Å²) in [5.41, 5.74) is -0.464. The van der Waals surface area contributed by atoms with E-state index in [0.29, 0.717) is 11.4 Å². The molecule has 0 radical (unpaired) electrons. The maximum absolute atomic E-state index is 11.8. The zero-order chi connectivity index (χ0) is 21.7. The summed E-state index contributed by atoms with van der Waals surface area (Å²) in [5.74, 6) is -1.44. The number of pyridine rings is 1. The summed E-state index contributed by atoms with van der Waals surface area (Å²) in [7, 11) is 0. The van der Waals surface area contributed by atoms with Crippen molar-refractivity contribution in [2.45, 2.75) is 71.9 Å². The molecule has 7 nitrogen and oxygen atoms in total. The molecular weight excluding hydrogens is 372 g/mol. The van der Waals surface area contributed by atoms with Crippen LogP contribution in [0.4, 0.5) is 0 Å². The quantitative estimate of drug-likeness (QED) is 0.323. The van der Waals surface area contributed by atoms with E-state index < -0.39 is 23.6 Å². The lowest BCUT2D eigenvalue weighted by Crippen LogP contribution is -2.49.